The van der Waals surface area contributed by atoms with E-state index < -0.39 is 37.4 Å². The summed E-state index contributed by atoms with van der Waals surface area (Å²) in [6, 6.07) is 0. The molecular weight excluding hydrogens is 240 g/mol. The van der Waals surface area contributed by atoms with Gasteiger partial charge in [-0.3, -0.25) is 4.18 Å². The Balaban J connectivity index is 2.38. The predicted octanol–water partition coefficient (Wildman–Crippen LogP) is 1.29. The van der Waals surface area contributed by atoms with Gasteiger partial charge < -0.3 is 5.11 Å². The first-order chi connectivity index (χ1) is 7.45. The van der Waals surface area contributed by atoms with E-state index in [1.807, 2.05) is 20.8 Å². The highest BCUT2D eigenvalue weighted by atomic mass is 32.2. The fourth-order valence-corrected chi connectivity index (χ4v) is 7.49. The monoisotopic (exact) mass is 260 g/mol. The van der Waals surface area contributed by atoms with Crippen LogP contribution >= 0.6 is 0 Å². The fraction of sp³-hybridized carbons (Fsp3) is 1.00. The van der Waals surface area contributed by atoms with Crippen LogP contribution in [0.4, 0.5) is 0 Å². The number of aliphatic hydroxyl groups is 1. The van der Waals surface area contributed by atoms with Crippen molar-refractivity contribution >= 4 is 10.1 Å². The molecule has 0 aromatic rings. The van der Waals surface area contributed by atoms with Gasteiger partial charge in [-0.05, 0) is 26.2 Å². The number of fused-ring (bicyclic) bond motifs is 1. The van der Waals surface area contributed by atoms with E-state index in [1.165, 1.54) is 0 Å². The van der Waals surface area contributed by atoms with Gasteiger partial charge in [0.25, 0.3) is 10.1 Å². The normalized spacial score (nSPS) is 67.6. The quantitative estimate of drug-likeness (QED) is 0.667. The molecule has 0 aromatic carbocycles. The molecule has 1 N–H and O–H groups in total. The van der Waals surface area contributed by atoms with E-state index >= 15 is 0 Å². The average Bonchev–Trinajstić information content (AvgIpc) is 2.49. The predicted molar refractivity (Wildman–Crippen MR) is 62.8 cm³/mol. The van der Waals surface area contributed by atoms with Gasteiger partial charge in [-0.1, -0.05) is 20.8 Å². The molecule has 2 bridgehead atoms. The van der Waals surface area contributed by atoms with E-state index in [0.717, 1.165) is 0 Å². The minimum absolute atomic E-state index is 0.122. The standard InChI is InChI=1S/C12H20O4S/c1-7-9(2)6-8-10(7,3)12(5,11(9,4)13)16-17(8,14)15/h7-8,13H,6H2,1-5H3. The fourth-order valence-electron chi connectivity index (χ4n) is 4.99. The van der Waals surface area contributed by atoms with Crippen molar-refractivity contribution in [2.45, 2.75) is 57.5 Å². The smallest absolute Gasteiger partial charge is 0.271 e. The zero-order valence-electron chi connectivity index (χ0n) is 10.9. The maximum absolute atomic E-state index is 12.1. The Morgan fingerprint density at radius 3 is 2.18 bits per heavy atom. The van der Waals surface area contributed by atoms with Gasteiger partial charge in [-0.2, -0.15) is 8.42 Å². The molecule has 1 saturated heterocycles. The van der Waals surface area contributed by atoms with Crippen molar-refractivity contribution in [3.05, 3.63) is 0 Å². The highest BCUT2D eigenvalue weighted by molar-refractivity contribution is 7.87. The Morgan fingerprint density at radius 2 is 1.76 bits per heavy atom. The molecule has 3 fully saturated rings. The van der Waals surface area contributed by atoms with Gasteiger partial charge in [-0.25, -0.2) is 0 Å². The highest BCUT2D eigenvalue weighted by Crippen LogP contribution is 2.78. The second-order valence-corrected chi connectivity index (χ2v) is 8.52. The van der Waals surface area contributed by atoms with E-state index in [1.54, 1.807) is 13.8 Å². The summed E-state index contributed by atoms with van der Waals surface area (Å²) in [4.78, 5) is 0. The molecule has 1 heterocycles. The zero-order chi connectivity index (χ0) is 13.1. The average molecular weight is 260 g/mol. The van der Waals surface area contributed by atoms with Gasteiger partial charge in [0.2, 0.25) is 0 Å². The van der Waals surface area contributed by atoms with Crippen LogP contribution in [0.15, 0.2) is 0 Å². The van der Waals surface area contributed by atoms with Crippen LogP contribution in [0.3, 0.4) is 0 Å². The minimum Gasteiger partial charge on any atom is -0.387 e. The van der Waals surface area contributed by atoms with Gasteiger partial charge in [0, 0.05) is 10.8 Å². The summed E-state index contributed by atoms with van der Waals surface area (Å²) in [5.74, 6) is 0.122. The third kappa shape index (κ3) is 0.798. The van der Waals surface area contributed by atoms with Crippen LogP contribution in [0, 0.1) is 16.7 Å². The second-order valence-electron chi connectivity index (χ2n) is 6.80. The van der Waals surface area contributed by atoms with Crippen LogP contribution in [-0.2, 0) is 14.3 Å². The van der Waals surface area contributed by atoms with E-state index in [0.29, 0.717) is 6.42 Å². The van der Waals surface area contributed by atoms with E-state index in [4.69, 9.17) is 4.18 Å². The molecule has 3 rings (SSSR count). The molecule has 6 unspecified atom stereocenters. The number of rotatable bonds is 0. The molecule has 3 aliphatic rings. The third-order valence-corrected chi connectivity index (χ3v) is 8.75. The third-order valence-electron chi connectivity index (χ3n) is 6.83. The van der Waals surface area contributed by atoms with Crippen molar-refractivity contribution in [3.8, 4) is 0 Å². The number of hydrogen-bond donors (Lipinski definition) is 1. The molecule has 1 aliphatic heterocycles. The summed E-state index contributed by atoms with van der Waals surface area (Å²) >= 11 is 0. The topological polar surface area (TPSA) is 63.6 Å². The molecule has 17 heavy (non-hydrogen) atoms. The van der Waals surface area contributed by atoms with Gasteiger partial charge in [-0.15, -0.1) is 0 Å². The minimum atomic E-state index is -3.55. The Labute approximate surface area is 102 Å². The molecule has 5 heteroatoms. The lowest BCUT2D eigenvalue weighted by atomic mass is 9.63. The lowest BCUT2D eigenvalue weighted by molar-refractivity contribution is -0.169. The molecule has 0 aromatic heterocycles. The first kappa shape index (κ1) is 11.9. The SMILES string of the molecule is CC1C2(C)CC3C1(C)C(C)(OS3(=O)=O)C2(C)O. The Hall–Kier alpha value is -0.130. The van der Waals surface area contributed by atoms with Gasteiger partial charge in [0.05, 0.1) is 10.9 Å². The van der Waals surface area contributed by atoms with Gasteiger partial charge in [0.15, 0.2) is 0 Å². The van der Waals surface area contributed by atoms with Crippen LogP contribution in [-0.4, -0.2) is 30.0 Å². The first-order valence-corrected chi connectivity index (χ1v) is 7.59. The van der Waals surface area contributed by atoms with Crippen LogP contribution < -0.4 is 0 Å². The van der Waals surface area contributed by atoms with Crippen molar-refractivity contribution in [1.82, 2.24) is 0 Å². The number of hydrogen-bond acceptors (Lipinski definition) is 4. The summed E-state index contributed by atoms with van der Waals surface area (Å²) in [6.45, 7) is 9.48. The van der Waals surface area contributed by atoms with Crippen molar-refractivity contribution in [1.29, 1.82) is 0 Å². The van der Waals surface area contributed by atoms with Crippen LogP contribution in [0.25, 0.3) is 0 Å². The molecule has 0 amide bonds. The lowest BCUT2D eigenvalue weighted by Gasteiger charge is -2.47. The summed E-state index contributed by atoms with van der Waals surface area (Å²) < 4.78 is 29.7. The Bertz CT molecular complexity index is 506. The maximum atomic E-state index is 12.1. The molecule has 2 saturated carbocycles. The summed E-state index contributed by atoms with van der Waals surface area (Å²) in [5, 5.41) is 10.4. The molecule has 0 spiro atoms. The van der Waals surface area contributed by atoms with Crippen LogP contribution in [0.2, 0.25) is 0 Å². The van der Waals surface area contributed by atoms with E-state index in [9.17, 15) is 13.5 Å². The van der Waals surface area contributed by atoms with Gasteiger partial charge >= 0.3 is 0 Å². The van der Waals surface area contributed by atoms with Crippen molar-refractivity contribution in [3.63, 3.8) is 0 Å². The van der Waals surface area contributed by atoms with E-state index in [2.05, 4.69) is 0 Å². The maximum Gasteiger partial charge on any atom is 0.271 e. The molecule has 0 radical (unpaired) electrons. The Morgan fingerprint density at radius 1 is 1.24 bits per heavy atom. The summed E-state index contributed by atoms with van der Waals surface area (Å²) in [5.41, 5.74) is -3.01. The largest absolute Gasteiger partial charge is 0.387 e. The first-order valence-electron chi connectivity index (χ1n) is 6.12. The van der Waals surface area contributed by atoms with Crippen molar-refractivity contribution < 1.29 is 17.7 Å². The van der Waals surface area contributed by atoms with Crippen molar-refractivity contribution in [2.75, 3.05) is 0 Å². The molecule has 4 nitrogen and oxygen atoms in total. The highest BCUT2D eigenvalue weighted by Gasteiger charge is 2.87. The van der Waals surface area contributed by atoms with Crippen LogP contribution in [0.1, 0.15) is 41.0 Å². The molecular formula is C12H20O4S. The van der Waals surface area contributed by atoms with Gasteiger partial charge in [0.1, 0.15) is 5.60 Å². The second kappa shape index (κ2) is 2.45. The molecule has 6 atom stereocenters. The lowest BCUT2D eigenvalue weighted by Crippen LogP contribution is -2.60. The molecule has 2 aliphatic carbocycles. The van der Waals surface area contributed by atoms with Crippen LogP contribution in [0.5, 0.6) is 0 Å². The Kier molecular flexibility index (Phi) is 1.72. The summed E-state index contributed by atoms with van der Waals surface area (Å²) in [6.07, 6.45) is 0.496. The molecule has 98 valence electrons. The van der Waals surface area contributed by atoms with Crippen molar-refractivity contribution in [2.24, 2.45) is 16.7 Å². The zero-order valence-corrected chi connectivity index (χ0v) is 11.8. The van der Waals surface area contributed by atoms with E-state index in [-0.39, 0.29) is 5.92 Å². The summed E-state index contributed by atoms with van der Waals surface area (Å²) in [7, 11) is -3.55.